The maximum Gasteiger partial charge on any atom is 0.220 e. The Labute approximate surface area is 231 Å². The molecule has 1 N–H and O–H groups in total. The number of ether oxygens (including phenoxy) is 1. The molecule has 2 aliphatic heterocycles. The first-order chi connectivity index (χ1) is 18.6. The van der Waals surface area contributed by atoms with E-state index in [9.17, 15) is 4.79 Å². The van der Waals surface area contributed by atoms with Gasteiger partial charge < -0.3 is 19.5 Å². The van der Waals surface area contributed by atoms with E-state index in [1.165, 1.54) is 24.1 Å². The van der Waals surface area contributed by atoms with Crippen molar-refractivity contribution in [2.45, 2.75) is 71.6 Å². The second-order valence-corrected chi connectivity index (χ2v) is 12.4. The minimum Gasteiger partial charge on any atom is -0.488 e. The largest absolute Gasteiger partial charge is 0.488 e. The highest BCUT2D eigenvalue weighted by Crippen LogP contribution is 2.42. The zero-order valence-electron chi connectivity index (χ0n) is 23.9. The number of hydroxylamine groups is 2. The number of carbonyl (C=O) groups excluding carboxylic acids is 1. The van der Waals surface area contributed by atoms with Gasteiger partial charge in [0.15, 0.2) is 0 Å². The number of nitrogens with zero attached hydrogens (tertiary/aromatic N) is 4. The summed E-state index contributed by atoms with van der Waals surface area (Å²) in [6.07, 6.45) is 4.76. The zero-order chi connectivity index (χ0) is 27.3. The molecule has 0 radical (unpaired) electrons. The molecule has 3 aliphatic rings. The fourth-order valence-corrected chi connectivity index (χ4v) is 5.87. The third-order valence-electron chi connectivity index (χ3n) is 8.07. The molecule has 0 unspecified atom stereocenters. The molecule has 1 saturated carbocycles. The van der Waals surface area contributed by atoms with Gasteiger partial charge in [-0.15, -0.1) is 0 Å². The third-order valence-corrected chi connectivity index (χ3v) is 8.07. The van der Waals surface area contributed by atoms with E-state index in [-0.39, 0.29) is 23.5 Å². The normalized spacial score (nSPS) is 21.4. The van der Waals surface area contributed by atoms with E-state index in [0.717, 1.165) is 54.1 Å². The van der Waals surface area contributed by atoms with Crippen LogP contribution in [0.4, 0.5) is 5.69 Å². The van der Waals surface area contributed by atoms with Gasteiger partial charge in [-0.3, -0.25) is 9.63 Å². The molecule has 39 heavy (non-hydrogen) atoms. The second kappa shape index (κ2) is 10.1. The maximum absolute atomic E-state index is 11.8. The number of rotatable bonds is 7. The first-order valence-corrected chi connectivity index (χ1v) is 14.4. The number of aryl methyl sites for hydroxylation is 1. The standard InChI is InChI=1S/C31H41N5O3/c1-20-14-22(6-9-27(20)34-10-12-35(13-11-34)39-31(3,4)5)23-15-26-30(36(19-33-26)25-7-8-25)28(16-23)38-21(2)24-17-29(37)32-18-24/h6,9,14-16,19,21,24-25H,7-8,10-13,17-18H2,1-5H3,(H,32,37)/t21-,24-/m1/s1. The van der Waals surface area contributed by atoms with Crippen molar-refractivity contribution in [3.05, 3.63) is 42.2 Å². The Bertz CT molecular complexity index is 1360. The molecule has 3 aromatic rings. The van der Waals surface area contributed by atoms with E-state index in [1.807, 2.05) is 6.33 Å². The van der Waals surface area contributed by atoms with Crippen molar-refractivity contribution in [1.82, 2.24) is 19.9 Å². The Morgan fingerprint density at radius 1 is 1.05 bits per heavy atom. The van der Waals surface area contributed by atoms with Crippen LogP contribution in [0.5, 0.6) is 5.75 Å². The number of hydrogen-bond donors (Lipinski definition) is 1. The van der Waals surface area contributed by atoms with E-state index in [0.29, 0.717) is 19.0 Å². The van der Waals surface area contributed by atoms with Crippen LogP contribution in [0.15, 0.2) is 36.7 Å². The highest BCUT2D eigenvalue weighted by molar-refractivity contribution is 5.88. The van der Waals surface area contributed by atoms with Gasteiger partial charge in [0.05, 0.1) is 17.4 Å². The molecule has 0 bridgehead atoms. The number of nitrogens with one attached hydrogen (secondary N) is 1. The van der Waals surface area contributed by atoms with Gasteiger partial charge in [0.25, 0.3) is 0 Å². The molecule has 2 aromatic carbocycles. The van der Waals surface area contributed by atoms with Gasteiger partial charge in [0.1, 0.15) is 17.4 Å². The van der Waals surface area contributed by atoms with Gasteiger partial charge in [-0.1, -0.05) is 6.07 Å². The summed E-state index contributed by atoms with van der Waals surface area (Å²) in [7, 11) is 0. The lowest BCUT2D eigenvalue weighted by atomic mass is 10.00. The molecule has 0 spiro atoms. The van der Waals surface area contributed by atoms with Crippen LogP contribution in [0.25, 0.3) is 22.2 Å². The third kappa shape index (κ3) is 5.63. The van der Waals surface area contributed by atoms with E-state index < -0.39 is 0 Å². The van der Waals surface area contributed by atoms with Crippen LogP contribution in [0.2, 0.25) is 0 Å². The summed E-state index contributed by atoms with van der Waals surface area (Å²) in [5.74, 6) is 1.14. The van der Waals surface area contributed by atoms with Crippen LogP contribution in [-0.2, 0) is 9.63 Å². The van der Waals surface area contributed by atoms with E-state index in [2.05, 4.69) is 84.8 Å². The molecule has 1 aliphatic carbocycles. The Kier molecular flexibility index (Phi) is 6.79. The first kappa shape index (κ1) is 26.1. The lowest BCUT2D eigenvalue weighted by molar-refractivity contribution is -0.230. The summed E-state index contributed by atoms with van der Waals surface area (Å²) in [5.41, 5.74) is 6.65. The van der Waals surface area contributed by atoms with Crippen LogP contribution < -0.4 is 15.0 Å². The molecule has 1 amide bonds. The fraction of sp³-hybridized carbons (Fsp3) is 0.548. The summed E-state index contributed by atoms with van der Waals surface area (Å²) in [4.78, 5) is 25.1. The predicted octanol–water partition coefficient (Wildman–Crippen LogP) is 5.10. The number of benzene rings is 2. The van der Waals surface area contributed by atoms with Gasteiger partial charge >= 0.3 is 0 Å². The fourth-order valence-electron chi connectivity index (χ4n) is 5.87. The van der Waals surface area contributed by atoms with Gasteiger partial charge in [0, 0.05) is 56.8 Å². The van der Waals surface area contributed by atoms with E-state index in [1.54, 1.807) is 0 Å². The van der Waals surface area contributed by atoms with Crippen LogP contribution in [0.1, 0.15) is 58.6 Å². The lowest BCUT2D eigenvalue weighted by Crippen LogP contribution is -2.48. The summed E-state index contributed by atoms with van der Waals surface area (Å²) in [6.45, 7) is 14.9. The summed E-state index contributed by atoms with van der Waals surface area (Å²) in [6, 6.07) is 11.6. The van der Waals surface area contributed by atoms with Crippen LogP contribution in [0, 0.1) is 12.8 Å². The Hall–Kier alpha value is -3.10. The van der Waals surface area contributed by atoms with Crippen LogP contribution >= 0.6 is 0 Å². The summed E-state index contributed by atoms with van der Waals surface area (Å²) < 4.78 is 8.89. The second-order valence-electron chi connectivity index (χ2n) is 12.4. The van der Waals surface area contributed by atoms with Crippen LogP contribution in [-0.4, -0.2) is 65.0 Å². The average Bonchev–Trinajstić information content (AvgIpc) is 3.48. The van der Waals surface area contributed by atoms with Crippen molar-refractivity contribution in [2.75, 3.05) is 37.6 Å². The molecule has 1 aromatic heterocycles. The Morgan fingerprint density at radius 2 is 1.82 bits per heavy atom. The van der Waals surface area contributed by atoms with Gasteiger partial charge in [-0.2, -0.15) is 5.06 Å². The number of amides is 1. The summed E-state index contributed by atoms with van der Waals surface area (Å²) in [5, 5.41) is 5.04. The monoisotopic (exact) mass is 531 g/mol. The number of anilines is 1. The summed E-state index contributed by atoms with van der Waals surface area (Å²) >= 11 is 0. The van der Waals surface area contributed by atoms with Crippen molar-refractivity contribution in [1.29, 1.82) is 0 Å². The van der Waals surface area contributed by atoms with Gasteiger partial charge in [-0.25, -0.2) is 4.98 Å². The quantitative estimate of drug-likeness (QED) is 0.457. The van der Waals surface area contributed by atoms with Gasteiger partial charge in [0.2, 0.25) is 5.91 Å². The minimum absolute atomic E-state index is 0.0741. The molecule has 208 valence electrons. The maximum atomic E-state index is 11.8. The topological polar surface area (TPSA) is 71.9 Å². The van der Waals surface area contributed by atoms with Crippen LogP contribution in [0.3, 0.4) is 0 Å². The van der Waals surface area contributed by atoms with Gasteiger partial charge in [-0.05, 0) is 88.4 Å². The molecule has 3 fully saturated rings. The molecule has 8 heteroatoms. The SMILES string of the molecule is Cc1cc(-c2cc(O[C@H](C)[C@H]3CNC(=O)C3)c3c(c2)ncn3C2CC2)ccc1N1CCN(OC(C)(C)C)CC1. The van der Waals surface area contributed by atoms with Crippen molar-refractivity contribution < 1.29 is 14.4 Å². The van der Waals surface area contributed by atoms with E-state index >= 15 is 0 Å². The molecule has 6 rings (SSSR count). The zero-order valence-corrected chi connectivity index (χ0v) is 23.9. The molecule has 2 saturated heterocycles. The predicted molar refractivity (Wildman–Crippen MR) is 154 cm³/mol. The van der Waals surface area contributed by atoms with Crippen molar-refractivity contribution in [3.63, 3.8) is 0 Å². The Balaban J connectivity index is 1.26. The molecule has 2 atom stereocenters. The number of hydrogen-bond acceptors (Lipinski definition) is 6. The molecular weight excluding hydrogens is 490 g/mol. The highest BCUT2D eigenvalue weighted by Gasteiger charge is 2.31. The molecule has 3 heterocycles. The highest BCUT2D eigenvalue weighted by atomic mass is 16.7. The van der Waals surface area contributed by atoms with Crippen molar-refractivity contribution in [3.8, 4) is 16.9 Å². The number of piperazine rings is 1. The Morgan fingerprint density at radius 3 is 2.46 bits per heavy atom. The molecule has 8 nitrogen and oxygen atoms in total. The number of carbonyl (C=O) groups is 1. The lowest BCUT2D eigenvalue weighted by Gasteiger charge is -2.38. The van der Waals surface area contributed by atoms with E-state index in [4.69, 9.17) is 14.6 Å². The van der Waals surface area contributed by atoms with Crippen molar-refractivity contribution in [2.24, 2.45) is 5.92 Å². The smallest absolute Gasteiger partial charge is 0.220 e. The molecular formula is C31H41N5O3. The number of aromatic nitrogens is 2. The number of fused-ring (bicyclic) bond motifs is 1. The minimum atomic E-state index is -0.166. The average molecular weight is 532 g/mol. The van der Waals surface area contributed by atoms with Crippen molar-refractivity contribution >= 4 is 22.6 Å². The number of imidazole rings is 1. The first-order valence-electron chi connectivity index (χ1n) is 14.4.